The Hall–Kier alpha value is -5.33. The third-order valence-corrected chi connectivity index (χ3v) is 8.42. The van der Waals surface area contributed by atoms with Gasteiger partial charge in [0.2, 0.25) is 11.7 Å². The second kappa shape index (κ2) is 17.2. The van der Waals surface area contributed by atoms with Gasteiger partial charge < -0.3 is 39.6 Å². The van der Waals surface area contributed by atoms with E-state index >= 15 is 0 Å². The van der Waals surface area contributed by atoms with Crippen LogP contribution in [0.15, 0.2) is 89.5 Å². The number of rotatable bonds is 14. The highest BCUT2D eigenvalue weighted by Gasteiger charge is 2.20. The van der Waals surface area contributed by atoms with E-state index in [9.17, 15) is 14.4 Å². The molecule has 4 rings (SSSR count). The van der Waals surface area contributed by atoms with E-state index in [-0.39, 0.29) is 11.6 Å². The third kappa shape index (κ3) is 9.40. The summed E-state index contributed by atoms with van der Waals surface area (Å²) in [5.41, 5.74) is 1.67. The smallest absolute Gasteiger partial charge is 0.272 e. The minimum atomic E-state index is -0.588. The lowest BCUT2D eigenvalue weighted by atomic mass is 10.1. The zero-order valence-corrected chi connectivity index (χ0v) is 29.3. The summed E-state index contributed by atoms with van der Waals surface area (Å²) >= 11 is 7.54. The molecule has 11 nitrogen and oxygen atoms in total. The van der Waals surface area contributed by atoms with Gasteiger partial charge >= 0.3 is 0 Å². The topological polar surface area (TPSA) is 133 Å². The Morgan fingerprint density at radius 2 is 1.39 bits per heavy atom. The summed E-state index contributed by atoms with van der Waals surface area (Å²) in [4.78, 5) is 40.7. The second-order valence-corrected chi connectivity index (χ2v) is 12.1. The number of nitrogens with one attached hydrogen (secondary N) is 3. The number of halogens is 1. The highest BCUT2D eigenvalue weighted by molar-refractivity contribution is 8.00. The lowest BCUT2D eigenvalue weighted by Crippen LogP contribution is -2.30. The molecule has 0 aliphatic rings. The van der Waals surface area contributed by atoms with Gasteiger partial charge in [-0.05, 0) is 67.1 Å². The van der Waals surface area contributed by atoms with Gasteiger partial charge in [-0.2, -0.15) is 0 Å². The zero-order valence-electron chi connectivity index (χ0n) is 27.7. The van der Waals surface area contributed by atoms with Gasteiger partial charge in [0.1, 0.15) is 17.2 Å². The number of anilines is 2. The molecule has 1 unspecified atom stereocenters. The number of hydrogen-bond acceptors (Lipinski definition) is 9. The van der Waals surface area contributed by atoms with Crippen molar-refractivity contribution in [2.75, 3.05) is 46.2 Å². The molecule has 0 aliphatic heterocycles. The van der Waals surface area contributed by atoms with Crippen LogP contribution in [0.1, 0.15) is 22.8 Å². The SMILES string of the molecule is COc1cc(OC)c(NC(=O)C(C)Sc2cccc(NC(=O)/C(=C\c3cc(OC)c(OC)c(OC)c3)NC(=O)c3ccccc3)c2)cc1Cl. The Morgan fingerprint density at radius 3 is 2.00 bits per heavy atom. The Labute approximate surface area is 293 Å². The van der Waals surface area contributed by atoms with E-state index < -0.39 is 17.1 Å². The molecule has 4 aromatic carbocycles. The average Bonchev–Trinajstić information content (AvgIpc) is 3.11. The van der Waals surface area contributed by atoms with Crippen molar-refractivity contribution in [3.8, 4) is 28.7 Å². The van der Waals surface area contributed by atoms with Crippen molar-refractivity contribution in [1.29, 1.82) is 0 Å². The molecule has 49 heavy (non-hydrogen) atoms. The first-order valence-corrected chi connectivity index (χ1v) is 16.0. The molecule has 0 fully saturated rings. The maximum atomic E-state index is 13.7. The molecule has 0 heterocycles. The van der Waals surface area contributed by atoms with Crippen molar-refractivity contribution in [1.82, 2.24) is 5.32 Å². The monoisotopic (exact) mass is 705 g/mol. The summed E-state index contributed by atoms with van der Waals surface area (Å²) in [6, 6.07) is 22.0. The first kappa shape index (κ1) is 36.5. The maximum Gasteiger partial charge on any atom is 0.272 e. The van der Waals surface area contributed by atoms with Crippen LogP contribution in [0.5, 0.6) is 28.7 Å². The lowest BCUT2D eigenvalue weighted by molar-refractivity contribution is -0.115. The number of methoxy groups -OCH3 is 5. The van der Waals surface area contributed by atoms with Gasteiger partial charge in [-0.25, -0.2) is 0 Å². The number of ether oxygens (including phenoxy) is 5. The van der Waals surface area contributed by atoms with E-state index in [0.717, 1.165) is 0 Å². The fourth-order valence-corrected chi connectivity index (χ4v) is 5.76. The molecule has 3 N–H and O–H groups in total. The Kier molecular flexibility index (Phi) is 12.8. The summed E-state index contributed by atoms with van der Waals surface area (Å²) in [5, 5.41) is 8.19. The number of thioether (sulfide) groups is 1. The van der Waals surface area contributed by atoms with Crippen LogP contribution in [0.25, 0.3) is 6.08 Å². The summed E-state index contributed by atoms with van der Waals surface area (Å²) in [7, 11) is 7.42. The first-order valence-electron chi connectivity index (χ1n) is 14.8. The Balaban J connectivity index is 1.56. The van der Waals surface area contributed by atoms with Crippen LogP contribution in [-0.2, 0) is 9.59 Å². The summed E-state index contributed by atoms with van der Waals surface area (Å²) in [6.07, 6.45) is 1.51. The number of hydrogen-bond donors (Lipinski definition) is 3. The summed E-state index contributed by atoms with van der Waals surface area (Å²) in [6.45, 7) is 1.75. The highest BCUT2D eigenvalue weighted by atomic mass is 35.5. The summed E-state index contributed by atoms with van der Waals surface area (Å²) < 4.78 is 26.9. The number of benzene rings is 4. The number of amides is 3. The van der Waals surface area contributed by atoms with Crippen molar-refractivity contribution in [2.45, 2.75) is 17.1 Å². The van der Waals surface area contributed by atoms with Gasteiger partial charge in [-0.15, -0.1) is 11.8 Å². The number of carbonyl (C=O) groups is 3. The van der Waals surface area contributed by atoms with Gasteiger partial charge in [0.05, 0.1) is 51.5 Å². The Morgan fingerprint density at radius 1 is 0.735 bits per heavy atom. The molecular weight excluding hydrogens is 670 g/mol. The molecule has 0 radical (unpaired) electrons. The first-order chi connectivity index (χ1) is 23.6. The molecule has 0 saturated carbocycles. The van der Waals surface area contributed by atoms with Gasteiger partial charge in [-0.3, -0.25) is 14.4 Å². The standard InChI is InChI=1S/C36H36ClN3O8S/c1-21(34(41)39-27-19-26(37)29(44-2)20-30(27)45-3)49-25-14-10-13-24(18-25)38-36(43)28(40-35(42)23-11-8-7-9-12-23)15-22-16-31(46-4)33(48-6)32(17-22)47-5/h7-21H,1-6H3,(H,38,43)(H,39,41)(H,40,42)/b28-15+. The van der Waals surface area contributed by atoms with Crippen molar-refractivity contribution in [3.05, 3.63) is 101 Å². The van der Waals surface area contributed by atoms with Crippen LogP contribution >= 0.6 is 23.4 Å². The van der Waals surface area contributed by atoms with Crippen molar-refractivity contribution in [2.24, 2.45) is 0 Å². The van der Waals surface area contributed by atoms with Crippen LogP contribution in [0.2, 0.25) is 5.02 Å². The molecular formula is C36H36ClN3O8S. The van der Waals surface area contributed by atoms with E-state index in [1.54, 1.807) is 79.7 Å². The lowest BCUT2D eigenvalue weighted by Gasteiger charge is -2.16. The van der Waals surface area contributed by atoms with Crippen molar-refractivity contribution < 1.29 is 38.1 Å². The molecule has 13 heteroatoms. The van der Waals surface area contributed by atoms with Crippen LogP contribution in [0.3, 0.4) is 0 Å². The molecule has 4 aromatic rings. The van der Waals surface area contributed by atoms with Crippen LogP contribution in [-0.4, -0.2) is 58.5 Å². The molecule has 256 valence electrons. The number of carbonyl (C=O) groups excluding carboxylic acids is 3. The van der Waals surface area contributed by atoms with E-state index in [1.807, 2.05) is 6.07 Å². The molecule has 0 aromatic heterocycles. The van der Waals surface area contributed by atoms with Crippen molar-refractivity contribution >= 4 is 58.5 Å². The second-order valence-electron chi connectivity index (χ2n) is 10.3. The minimum absolute atomic E-state index is 0.0407. The minimum Gasteiger partial charge on any atom is -0.495 e. The van der Waals surface area contributed by atoms with Crippen LogP contribution in [0.4, 0.5) is 11.4 Å². The van der Waals surface area contributed by atoms with Crippen LogP contribution in [0, 0.1) is 0 Å². The van der Waals surface area contributed by atoms with Gasteiger partial charge in [-0.1, -0.05) is 35.9 Å². The van der Waals surface area contributed by atoms with Gasteiger partial charge in [0, 0.05) is 22.2 Å². The highest BCUT2D eigenvalue weighted by Crippen LogP contribution is 2.39. The third-order valence-electron chi connectivity index (χ3n) is 7.03. The van der Waals surface area contributed by atoms with E-state index in [2.05, 4.69) is 16.0 Å². The normalized spacial score (nSPS) is 11.5. The molecule has 0 aliphatic carbocycles. The molecule has 0 spiro atoms. The maximum absolute atomic E-state index is 13.7. The summed E-state index contributed by atoms with van der Waals surface area (Å²) in [5.74, 6) is 0.578. The largest absolute Gasteiger partial charge is 0.495 e. The molecule has 0 saturated heterocycles. The van der Waals surface area contributed by atoms with Crippen LogP contribution < -0.4 is 39.6 Å². The molecule has 0 bridgehead atoms. The van der Waals surface area contributed by atoms with Gasteiger partial charge in [0.15, 0.2) is 11.5 Å². The Bertz CT molecular complexity index is 1830. The van der Waals surface area contributed by atoms with Gasteiger partial charge in [0.25, 0.3) is 11.8 Å². The predicted molar refractivity (Wildman–Crippen MR) is 192 cm³/mol. The molecule has 1 atom stereocenters. The van der Waals surface area contributed by atoms with E-state index in [4.69, 9.17) is 35.3 Å². The fourth-order valence-electron chi connectivity index (χ4n) is 4.59. The van der Waals surface area contributed by atoms with E-state index in [0.29, 0.717) is 61.2 Å². The molecule has 3 amide bonds. The predicted octanol–water partition coefficient (Wildman–Crippen LogP) is 6.91. The van der Waals surface area contributed by atoms with Crippen molar-refractivity contribution in [3.63, 3.8) is 0 Å². The average molecular weight is 706 g/mol. The zero-order chi connectivity index (χ0) is 35.5. The quantitative estimate of drug-likeness (QED) is 0.0945. The van der Waals surface area contributed by atoms with E-state index in [1.165, 1.54) is 53.4 Å². The fraction of sp³-hybridized carbons (Fsp3) is 0.194.